The maximum Gasteiger partial charge on any atom is 0.396 e. The SMILES string of the molecule is CCOc1ccc(-c2cc(OC(=O)c3ccc(OC)cc3)cc3sc(=O)oc23)cc1. The van der Waals surface area contributed by atoms with Crippen molar-refractivity contribution in [3.05, 3.63) is 76.0 Å². The van der Waals surface area contributed by atoms with Gasteiger partial charge in [-0.2, -0.15) is 0 Å². The summed E-state index contributed by atoms with van der Waals surface area (Å²) in [5, 5.41) is 0. The van der Waals surface area contributed by atoms with E-state index in [0.717, 1.165) is 22.6 Å². The lowest BCUT2D eigenvalue weighted by Crippen LogP contribution is -2.08. The Morgan fingerprint density at radius 3 is 2.33 bits per heavy atom. The second-order valence-corrected chi connectivity index (χ2v) is 7.30. The van der Waals surface area contributed by atoms with Crippen molar-refractivity contribution < 1.29 is 23.4 Å². The standard InChI is InChI=1S/C23H18O6S/c1-3-27-17-10-4-14(5-11-17)19-12-18(13-20-21(19)29-23(25)30-20)28-22(24)15-6-8-16(26-2)9-7-15/h4-13H,3H2,1-2H3. The van der Waals surface area contributed by atoms with Crippen molar-refractivity contribution in [1.82, 2.24) is 0 Å². The largest absolute Gasteiger partial charge is 0.497 e. The van der Waals surface area contributed by atoms with E-state index in [0.29, 0.717) is 39.5 Å². The molecule has 0 aliphatic carbocycles. The zero-order valence-electron chi connectivity index (χ0n) is 16.3. The van der Waals surface area contributed by atoms with Gasteiger partial charge in [0.2, 0.25) is 0 Å². The molecule has 0 radical (unpaired) electrons. The molecule has 0 spiro atoms. The number of benzene rings is 3. The van der Waals surface area contributed by atoms with Gasteiger partial charge in [-0.05, 0) is 55.0 Å². The molecule has 1 heterocycles. The molecule has 0 saturated carbocycles. The van der Waals surface area contributed by atoms with Gasteiger partial charge in [-0.3, -0.25) is 0 Å². The van der Waals surface area contributed by atoms with Gasteiger partial charge >= 0.3 is 10.9 Å². The van der Waals surface area contributed by atoms with Crippen LogP contribution in [0.3, 0.4) is 0 Å². The van der Waals surface area contributed by atoms with E-state index in [9.17, 15) is 9.59 Å². The van der Waals surface area contributed by atoms with Gasteiger partial charge in [0.25, 0.3) is 0 Å². The third-order valence-electron chi connectivity index (χ3n) is 4.42. The molecule has 4 rings (SSSR count). The Bertz CT molecular complexity index is 1240. The highest BCUT2D eigenvalue weighted by Gasteiger charge is 2.16. The molecule has 0 saturated heterocycles. The molecule has 0 aliphatic heterocycles. The third-order valence-corrected chi connectivity index (χ3v) is 5.19. The average molecular weight is 422 g/mol. The number of ether oxygens (including phenoxy) is 3. The highest BCUT2D eigenvalue weighted by atomic mass is 32.1. The summed E-state index contributed by atoms with van der Waals surface area (Å²) in [7, 11) is 1.56. The molecule has 0 N–H and O–H groups in total. The molecule has 0 aliphatic rings. The number of esters is 1. The van der Waals surface area contributed by atoms with Crippen LogP contribution in [0.5, 0.6) is 17.2 Å². The van der Waals surface area contributed by atoms with Gasteiger partial charge in [-0.25, -0.2) is 9.59 Å². The minimum Gasteiger partial charge on any atom is -0.497 e. The van der Waals surface area contributed by atoms with Crippen LogP contribution in [0.25, 0.3) is 21.4 Å². The predicted octanol–water partition coefficient (Wildman–Crippen LogP) is 5.15. The van der Waals surface area contributed by atoms with Crippen molar-refractivity contribution >= 4 is 27.6 Å². The van der Waals surface area contributed by atoms with E-state index in [1.807, 2.05) is 31.2 Å². The van der Waals surface area contributed by atoms with Crippen LogP contribution < -0.4 is 19.1 Å². The number of methoxy groups -OCH3 is 1. The first-order chi connectivity index (χ1) is 14.6. The second-order valence-electron chi connectivity index (χ2n) is 6.33. The van der Waals surface area contributed by atoms with Crippen molar-refractivity contribution in [2.75, 3.05) is 13.7 Å². The van der Waals surface area contributed by atoms with Crippen molar-refractivity contribution in [3.8, 4) is 28.4 Å². The van der Waals surface area contributed by atoms with Crippen molar-refractivity contribution in [2.45, 2.75) is 6.92 Å². The van der Waals surface area contributed by atoms with Gasteiger partial charge in [0.1, 0.15) is 17.2 Å². The minimum atomic E-state index is -0.509. The van der Waals surface area contributed by atoms with E-state index in [-0.39, 0.29) is 0 Å². The van der Waals surface area contributed by atoms with Crippen LogP contribution >= 0.6 is 11.3 Å². The first-order valence-electron chi connectivity index (χ1n) is 9.24. The maximum absolute atomic E-state index is 12.6. The fourth-order valence-corrected chi connectivity index (χ4v) is 3.74. The predicted molar refractivity (Wildman–Crippen MR) is 115 cm³/mol. The van der Waals surface area contributed by atoms with Crippen LogP contribution in [0.4, 0.5) is 0 Å². The molecule has 0 fully saturated rings. The van der Waals surface area contributed by atoms with E-state index < -0.39 is 10.9 Å². The summed E-state index contributed by atoms with van der Waals surface area (Å²) in [5.41, 5.74) is 2.32. The topological polar surface area (TPSA) is 75.0 Å². The smallest absolute Gasteiger partial charge is 0.396 e. The molecular weight excluding hydrogens is 404 g/mol. The number of rotatable bonds is 6. The summed E-state index contributed by atoms with van der Waals surface area (Å²) in [5.74, 6) is 1.20. The highest BCUT2D eigenvalue weighted by Crippen LogP contribution is 2.35. The minimum absolute atomic E-state index is 0.323. The molecule has 7 heteroatoms. The average Bonchev–Trinajstić information content (AvgIpc) is 3.14. The van der Waals surface area contributed by atoms with Crippen LogP contribution in [-0.4, -0.2) is 19.7 Å². The highest BCUT2D eigenvalue weighted by molar-refractivity contribution is 7.16. The number of fused-ring (bicyclic) bond motifs is 1. The first kappa shape index (κ1) is 19.7. The zero-order valence-corrected chi connectivity index (χ0v) is 17.2. The number of hydrogen-bond donors (Lipinski definition) is 0. The first-order valence-corrected chi connectivity index (χ1v) is 10.1. The summed E-state index contributed by atoms with van der Waals surface area (Å²) in [4.78, 5) is 24.0. The van der Waals surface area contributed by atoms with Gasteiger partial charge in [-0.1, -0.05) is 23.5 Å². The number of carbonyl (C=O) groups excluding carboxylic acids is 1. The Kier molecular flexibility index (Phi) is 5.54. The summed E-state index contributed by atoms with van der Waals surface area (Å²) in [6.07, 6.45) is 0. The van der Waals surface area contributed by atoms with Crippen molar-refractivity contribution in [1.29, 1.82) is 0 Å². The van der Waals surface area contributed by atoms with Gasteiger partial charge in [-0.15, -0.1) is 0 Å². The summed E-state index contributed by atoms with van der Waals surface area (Å²) in [6, 6.07) is 17.4. The summed E-state index contributed by atoms with van der Waals surface area (Å²) < 4.78 is 22.1. The molecule has 6 nitrogen and oxygen atoms in total. The van der Waals surface area contributed by atoms with Gasteiger partial charge < -0.3 is 18.6 Å². The summed E-state index contributed by atoms with van der Waals surface area (Å²) in [6.45, 7) is 2.48. The quantitative estimate of drug-likeness (QED) is 0.316. The van der Waals surface area contributed by atoms with Gasteiger partial charge in [0, 0.05) is 11.6 Å². The van der Waals surface area contributed by atoms with Crippen LogP contribution in [-0.2, 0) is 0 Å². The molecule has 0 unspecified atom stereocenters. The fourth-order valence-electron chi connectivity index (χ4n) is 3.02. The Labute approximate surface area is 176 Å². The molecule has 30 heavy (non-hydrogen) atoms. The lowest BCUT2D eigenvalue weighted by Gasteiger charge is -2.09. The Balaban J connectivity index is 1.70. The lowest BCUT2D eigenvalue weighted by atomic mass is 10.0. The molecule has 3 aromatic carbocycles. The van der Waals surface area contributed by atoms with Crippen LogP contribution in [0.1, 0.15) is 17.3 Å². The molecular formula is C23H18O6S. The zero-order chi connectivity index (χ0) is 21.1. The van der Waals surface area contributed by atoms with Gasteiger partial charge in [0.05, 0.1) is 24.0 Å². The fraction of sp³-hybridized carbons (Fsp3) is 0.130. The second kappa shape index (κ2) is 8.42. The molecule has 1 aromatic heterocycles. The lowest BCUT2D eigenvalue weighted by molar-refractivity contribution is 0.0735. The number of hydrogen-bond acceptors (Lipinski definition) is 7. The van der Waals surface area contributed by atoms with E-state index in [4.69, 9.17) is 18.6 Å². The van der Waals surface area contributed by atoms with Crippen molar-refractivity contribution in [2.24, 2.45) is 0 Å². The maximum atomic E-state index is 12.6. The van der Waals surface area contributed by atoms with Crippen LogP contribution in [0.15, 0.2) is 69.9 Å². The monoisotopic (exact) mass is 422 g/mol. The molecule has 152 valence electrons. The van der Waals surface area contributed by atoms with E-state index >= 15 is 0 Å². The molecule has 4 aromatic rings. The third kappa shape index (κ3) is 4.06. The molecule has 0 bridgehead atoms. The van der Waals surface area contributed by atoms with Crippen LogP contribution in [0.2, 0.25) is 0 Å². The van der Waals surface area contributed by atoms with Gasteiger partial charge in [0.15, 0.2) is 5.58 Å². The van der Waals surface area contributed by atoms with E-state index in [1.54, 1.807) is 43.5 Å². The summed E-state index contributed by atoms with van der Waals surface area (Å²) >= 11 is 0.959. The molecule has 0 atom stereocenters. The van der Waals surface area contributed by atoms with E-state index in [2.05, 4.69) is 0 Å². The Hall–Kier alpha value is -3.58. The Morgan fingerprint density at radius 1 is 0.967 bits per heavy atom. The van der Waals surface area contributed by atoms with Crippen molar-refractivity contribution in [3.63, 3.8) is 0 Å². The molecule has 0 amide bonds. The van der Waals surface area contributed by atoms with Crippen LogP contribution in [0, 0.1) is 0 Å². The Morgan fingerprint density at radius 2 is 1.67 bits per heavy atom. The van der Waals surface area contributed by atoms with E-state index in [1.165, 1.54) is 0 Å². The normalized spacial score (nSPS) is 10.7. The number of carbonyl (C=O) groups is 1.